The Morgan fingerprint density at radius 2 is 1.95 bits per heavy atom. The molecule has 0 aromatic heterocycles. The quantitative estimate of drug-likeness (QED) is 0.790. The second-order valence-electron chi connectivity index (χ2n) is 5.75. The third-order valence-corrected chi connectivity index (χ3v) is 3.04. The summed E-state index contributed by atoms with van der Waals surface area (Å²) in [4.78, 5) is 0. The van der Waals surface area contributed by atoms with Crippen LogP contribution in [0.15, 0.2) is 24.3 Å². The maximum Gasteiger partial charge on any atom is 0.411 e. The van der Waals surface area contributed by atoms with E-state index in [1.54, 1.807) is 0 Å². The van der Waals surface area contributed by atoms with Crippen LogP contribution in [-0.4, -0.2) is 32.0 Å². The van der Waals surface area contributed by atoms with Gasteiger partial charge in [0.05, 0.1) is 6.61 Å². The second-order valence-corrected chi connectivity index (χ2v) is 5.75. The number of nitrogens with one attached hydrogen (secondary N) is 1. The van der Waals surface area contributed by atoms with Crippen molar-refractivity contribution < 1.29 is 17.9 Å². The summed E-state index contributed by atoms with van der Waals surface area (Å²) in [6.45, 7) is 5.60. The Kier molecular flexibility index (Phi) is 7.18. The number of rotatable bonds is 8. The van der Waals surface area contributed by atoms with Gasteiger partial charge in [-0.1, -0.05) is 43.7 Å². The highest BCUT2D eigenvalue weighted by Gasteiger charge is 2.28. The molecule has 0 saturated heterocycles. The lowest BCUT2D eigenvalue weighted by Crippen LogP contribution is -2.33. The maximum absolute atomic E-state index is 12.2. The molecule has 0 saturated carbocycles. The Balaban J connectivity index is 2.55. The Morgan fingerprint density at radius 1 is 1.24 bits per heavy atom. The minimum atomic E-state index is -4.26. The Hall–Kier alpha value is -1.07. The van der Waals surface area contributed by atoms with Gasteiger partial charge in [0.25, 0.3) is 0 Å². The summed E-state index contributed by atoms with van der Waals surface area (Å²) in [6.07, 6.45) is -3.56. The molecule has 0 aliphatic carbocycles. The molecule has 1 rings (SSSR count). The standard InChI is InChI=1S/C16H24F3NO/c1-12(2)20-9-15(10-21-11-16(17,18)19)8-14-6-4-5-13(3)7-14/h4-7,12,15,20H,8-11H2,1-3H3. The van der Waals surface area contributed by atoms with E-state index < -0.39 is 12.8 Å². The number of alkyl halides is 3. The fourth-order valence-electron chi connectivity index (χ4n) is 2.11. The third kappa shape index (κ3) is 8.73. The van der Waals surface area contributed by atoms with Crippen molar-refractivity contribution in [1.29, 1.82) is 0 Å². The lowest BCUT2D eigenvalue weighted by atomic mass is 9.98. The van der Waals surface area contributed by atoms with Crippen molar-refractivity contribution >= 4 is 0 Å². The highest BCUT2D eigenvalue weighted by molar-refractivity contribution is 5.22. The molecule has 1 aromatic carbocycles. The fourth-order valence-corrected chi connectivity index (χ4v) is 2.11. The van der Waals surface area contributed by atoms with Crippen molar-refractivity contribution in [3.8, 4) is 0 Å². The molecule has 2 nitrogen and oxygen atoms in total. The van der Waals surface area contributed by atoms with Crippen molar-refractivity contribution in [2.24, 2.45) is 5.92 Å². The first-order chi connectivity index (χ1) is 9.76. The second kappa shape index (κ2) is 8.39. The van der Waals surface area contributed by atoms with Gasteiger partial charge in [-0.05, 0) is 24.8 Å². The zero-order valence-electron chi connectivity index (χ0n) is 12.8. The highest BCUT2D eigenvalue weighted by atomic mass is 19.4. The number of aryl methyl sites for hydroxylation is 1. The van der Waals surface area contributed by atoms with E-state index in [1.807, 2.05) is 39.0 Å². The summed E-state index contributed by atoms with van der Waals surface area (Å²) in [7, 11) is 0. The molecule has 0 aliphatic rings. The number of ether oxygens (including phenoxy) is 1. The van der Waals surface area contributed by atoms with Crippen LogP contribution in [0.25, 0.3) is 0 Å². The monoisotopic (exact) mass is 303 g/mol. The van der Waals surface area contributed by atoms with Gasteiger partial charge in [-0.15, -0.1) is 0 Å². The van der Waals surface area contributed by atoms with Gasteiger partial charge in [0.1, 0.15) is 6.61 Å². The molecule has 1 N–H and O–H groups in total. The van der Waals surface area contributed by atoms with Crippen LogP contribution in [-0.2, 0) is 11.2 Å². The molecule has 0 bridgehead atoms. The van der Waals surface area contributed by atoms with Gasteiger partial charge < -0.3 is 10.1 Å². The third-order valence-electron chi connectivity index (χ3n) is 3.04. The molecule has 1 atom stereocenters. The number of halogens is 3. The molecule has 0 aliphatic heterocycles. The average Bonchev–Trinajstić information content (AvgIpc) is 2.34. The van der Waals surface area contributed by atoms with Gasteiger partial charge >= 0.3 is 6.18 Å². The van der Waals surface area contributed by atoms with Crippen molar-refractivity contribution in [2.45, 2.75) is 39.4 Å². The van der Waals surface area contributed by atoms with Crippen LogP contribution >= 0.6 is 0 Å². The van der Waals surface area contributed by atoms with Crippen LogP contribution in [0.1, 0.15) is 25.0 Å². The number of hydrogen-bond donors (Lipinski definition) is 1. The summed E-state index contributed by atoms with van der Waals surface area (Å²) < 4.78 is 41.3. The topological polar surface area (TPSA) is 21.3 Å². The van der Waals surface area contributed by atoms with E-state index in [4.69, 9.17) is 4.74 Å². The van der Waals surface area contributed by atoms with Gasteiger partial charge in [-0.2, -0.15) is 13.2 Å². The van der Waals surface area contributed by atoms with Crippen LogP contribution in [0, 0.1) is 12.8 Å². The summed E-state index contributed by atoms with van der Waals surface area (Å²) >= 11 is 0. The first kappa shape index (κ1) is 18.0. The van der Waals surface area contributed by atoms with Gasteiger partial charge in [-0.25, -0.2) is 0 Å². The van der Waals surface area contributed by atoms with Gasteiger partial charge in [-0.3, -0.25) is 0 Å². The molecule has 120 valence electrons. The lowest BCUT2D eigenvalue weighted by Gasteiger charge is -2.20. The summed E-state index contributed by atoms with van der Waals surface area (Å²) in [5, 5.41) is 3.27. The van der Waals surface area contributed by atoms with Crippen molar-refractivity contribution in [3.63, 3.8) is 0 Å². The molecule has 0 spiro atoms. The molecule has 0 fully saturated rings. The maximum atomic E-state index is 12.2. The largest absolute Gasteiger partial charge is 0.411 e. The van der Waals surface area contributed by atoms with Crippen LogP contribution in [0.5, 0.6) is 0 Å². The van der Waals surface area contributed by atoms with Gasteiger partial charge in [0.2, 0.25) is 0 Å². The molecule has 0 heterocycles. The van der Waals surface area contributed by atoms with Crippen LogP contribution < -0.4 is 5.32 Å². The molecule has 0 amide bonds. The number of benzene rings is 1. The van der Waals surface area contributed by atoms with Crippen molar-refractivity contribution in [2.75, 3.05) is 19.8 Å². The normalized spacial score (nSPS) is 13.7. The highest BCUT2D eigenvalue weighted by Crippen LogP contribution is 2.16. The van der Waals surface area contributed by atoms with Crippen LogP contribution in [0.2, 0.25) is 0 Å². The van der Waals surface area contributed by atoms with Crippen LogP contribution in [0.4, 0.5) is 13.2 Å². The van der Waals surface area contributed by atoms with Crippen molar-refractivity contribution in [3.05, 3.63) is 35.4 Å². The molecular weight excluding hydrogens is 279 g/mol. The molecular formula is C16H24F3NO. The fraction of sp³-hybridized carbons (Fsp3) is 0.625. The van der Waals surface area contributed by atoms with E-state index in [0.29, 0.717) is 19.0 Å². The minimum absolute atomic E-state index is 0.0246. The van der Waals surface area contributed by atoms with E-state index in [1.165, 1.54) is 0 Å². The Morgan fingerprint density at radius 3 is 2.52 bits per heavy atom. The van der Waals surface area contributed by atoms with E-state index in [-0.39, 0.29) is 12.5 Å². The van der Waals surface area contributed by atoms with Gasteiger partial charge in [0.15, 0.2) is 0 Å². The zero-order chi connectivity index (χ0) is 15.9. The Bertz CT molecular complexity index is 418. The predicted molar refractivity (Wildman–Crippen MR) is 78.4 cm³/mol. The SMILES string of the molecule is Cc1cccc(CC(CNC(C)C)COCC(F)(F)F)c1. The average molecular weight is 303 g/mol. The summed E-state index contributed by atoms with van der Waals surface area (Å²) in [5.74, 6) is 0.0246. The first-order valence-electron chi connectivity index (χ1n) is 7.19. The number of hydrogen-bond acceptors (Lipinski definition) is 2. The molecule has 1 aromatic rings. The lowest BCUT2D eigenvalue weighted by molar-refractivity contribution is -0.176. The molecule has 21 heavy (non-hydrogen) atoms. The van der Waals surface area contributed by atoms with E-state index in [0.717, 1.165) is 11.1 Å². The summed E-state index contributed by atoms with van der Waals surface area (Å²) in [5.41, 5.74) is 2.28. The summed E-state index contributed by atoms with van der Waals surface area (Å²) in [6, 6.07) is 8.33. The van der Waals surface area contributed by atoms with Gasteiger partial charge in [0, 0.05) is 12.6 Å². The molecule has 5 heteroatoms. The Labute approximate surface area is 124 Å². The smallest absolute Gasteiger partial charge is 0.372 e. The zero-order valence-corrected chi connectivity index (χ0v) is 12.8. The van der Waals surface area contributed by atoms with Crippen molar-refractivity contribution in [1.82, 2.24) is 5.32 Å². The minimum Gasteiger partial charge on any atom is -0.372 e. The van der Waals surface area contributed by atoms with E-state index in [2.05, 4.69) is 11.4 Å². The van der Waals surface area contributed by atoms with E-state index >= 15 is 0 Å². The molecule has 1 unspecified atom stereocenters. The van der Waals surface area contributed by atoms with Crippen LogP contribution in [0.3, 0.4) is 0 Å². The van der Waals surface area contributed by atoms with E-state index in [9.17, 15) is 13.2 Å². The predicted octanol–water partition coefficient (Wildman–Crippen LogP) is 3.73. The first-order valence-corrected chi connectivity index (χ1v) is 7.19. The molecule has 0 radical (unpaired) electrons.